The molecule has 0 saturated heterocycles. The Morgan fingerprint density at radius 2 is 1.96 bits per heavy atom. The van der Waals surface area contributed by atoms with E-state index in [1.165, 1.54) is 11.6 Å². The molecule has 0 radical (unpaired) electrons. The second kappa shape index (κ2) is 9.07. The van der Waals surface area contributed by atoms with Gasteiger partial charge in [-0.1, -0.05) is 31.5 Å². The molecule has 0 atom stereocenters. The molecule has 0 fully saturated rings. The first-order chi connectivity index (χ1) is 13.2. The van der Waals surface area contributed by atoms with Gasteiger partial charge in [-0.2, -0.15) is 0 Å². The second-order valence-corrected chi connectivity index (χ2v) is 6.10. The van der Waals surface area contributed by atoms with Crippen molar-refractivity contribution in [2.24, 2.45) is 0 Å². The third-order valence-corrected chi connectivity index (χ3v) is 4.06. The highest BCUT2D eigenvalue weighted by Crippen LogP contribution is 2.26. The zero-order valence-electron chi connectivity index (χ0n) is 15.6. The third-order valence-electron chi connectivity index (χ3n) is 4.06. The number of halogens is 1. The van der Waals surface area contributed by atoms with Crippen LogP contribution in [0.15, 0.2) is 48.9 Å². The fourth-order valence-electron chi connectivity index (χ4n) is 2.89. The maximum atomic E-state index is 13.4. The van der Waals surface area contributed by atoms with E-state index in [1.54, 1.807) is 18.5 Å². The lowest BCUT2D eigenvalue weighted by Crippen LogP contribution is -2.07. The van der Waals surface area contributed by atoms with Crippen molar-refractivity contribution in [2.45, 2.75) is 33.2 Å². The third kappa shape index (κ3) is 4.78. The first kappa shape index (κ1) is 18.8. The molecule has 1 N–H and O–H groups in total. The van der Waals surface area contributed by atoms with Gasteiger partial charge in [0.1, 0.15) is 17.4 Å². The van der Waals surface area contributed by atoms with Gasteiger partial charge in [0.05, 0.1) is 12.8 Å². The molecule has 3 aromatic rings. The number of anilines is 1. The molecule has 0 aliphatic heterocycles. The first-order valence-electron chi connectivity index (χ1n) is 9.12. The molecular weight excluding hydrogens is 343 g/mol. The smallest absolute Gasteiger partial charge is 0.163 e. The van der Waals surface area contributed by atoms with Gasteiger partial charge in [0, 0.05) is 30.1 Å². The van der Waals surface area contributed by atoms with Gasteiger partial charge in [-0.25, -0.2) is 14.4 Å². The minimum Gasteiger partial charge on any atom is -0.493 e. The Morgan fingerprint density at radius 3 is 2.74 bits per heavy atom. The summed E-state index contributed by atoms with van der Waals surface area (Å²) in [5.74, 6) is 1.62. The predicted molar refractivity (Wildman–Crippen MR) is 104 cm³/mol. The number of benzene rings is 1. The van der Waals surface area contributed by atoms with Crippen LogP contribution in [-0.2, 0) is 13.0 Å². The van der Waals surface area contributed by atoms with Gasteiger partial charge in [0.25, 0.3) is 0 Å². The van der Waals surface area contributed by atoms with Crippen molar-refractivity contribution in [3.05, 3.63) is 65.9 Å². The maximum Gasteiger partial charge on any atom is 0.163 e. The molecule has 0 aliphatic carbocycles. The molecule has 5 nitrogen and oxygen atoms in total. The molecule has 2 heterocycles. The summed E-state index contributed by atoms with van der Waals surface area (Å²) in [6, 6.07) is 9.36. The average Bonchev–Trinajstić information content (AvgIpc) is 2.69. The monoisotopic (exact) mass is 366 g/mol. The van der Waals surface area contributed by atoms with Crippen LogP contribution in [-0.4, -0.2) is 21.6 Å². The molecule has 0 aliphatic rings. The second-order valence-electron chi connectivity index (χ2n) is 6.10. The number of hydrogen-bond acceptors (Lipinski definition) is 5. The maximum absolute atomic E-state index is 13.4. The molecular formula is C21H23FN4O. The summed E-state index contributed by atoms with van der Waals surface area (Å²) in [6.45, 7) is 5.34. The van der Waals surface area contributed by atoms with Gasteiger partial charge < -0.3 is 10.1 Å². The van der Waals surface area contributed by atoms with Crippen molar-refractivity contribution in [3.8, 4) is 17.1 Å². The first-order valence-corrected chi connectivity index (χ1v) is 9.12. The lowest BCUT2D eigenvalue weighted by Gasteiger charge is -2.15. The molecule has 0 amide bonds. The molecule has 0 spiro atoms. The Kier molecular flexibility index (Phi) is 6.30. The minimum atomic E-state index is -0.413. The molecule has 6 heteroatoms. The van der Waals surface area contributed by atoms with E-state index in [0.717, 1.165) is 30.4 Å². The van der Waals surface area contributed by atoms with Crippen LogP contribution in [0.5, 0.6) is 5.75 Å². The molecule has 0 bridgehead atoms. The lowest BCUT2D eigenvalue weighted by atomic mass is 10.0. The summed E-state index contributed by atoms with van der Waals surface area (Å²) >= 11 is 0. The van der Waals surface area contributed by atoms with E-state index in [4.69, 9.17) is 4.74 Å². The standard InChI is InChI=1S/C21H23FN4O/c1-3-6-15-7-5-8-16(20(15)27-4-2)13-25-19-9-10-24-21(26-19)17-11-18(22)14-23-12-17/h5,7-12,14H,3-4,6,13H2,1-2H3,(H,24,25,26). The van der Waals surface area contributed by atoms with Crippen molar-refractivity contribution in [1.82, 2.24) is 15.0 Å². The van der Waals surface area contributed by atoms with Gasteiger partial charge >= 0.3 is 0 Å². The number of para-hydroxylation sites is 1. The van der Waals surface area contributed by atoms with Crippen LogP contribution in [0.3, 0.4) is 0 Å². The van der Waals surface area contributed by atoms with Crippen LogP contribution < -0.4 is 10.1 Å². The summed E-state index contributed by atoms with van der Waals surface area (Å²) in [5.41, 5.74) is 2.84. The van der Waals surface area contributed by atoms with Gasteiger partial charge in [-0.3, -0.25) is 4.98 Å². The normalized spacial score (nSPS) is 10.6. The van der Waals surface area contributed by atoms with Crippen molar-refractivity contribution in [3.63, 3.8) is 0 Å². The van der Waals surface area contributed by atoms with Crippen molar-refractivity contribution in [2.75, 3.05) is 11.9 Å². The SMILES string of the molecule is CCCc1cccc(CNc2ccnc(-c3cncc(F)c3)n2)c1OCC. The summed E-state index contributed by atoms with van der Waals surface area (Å²) in [4.78, 5) is 12.5. The van der Waals surface area contributed by atoms with E-state index in [9.17, 15) is 4.39 Å². The molecule has 3 rings (SSSR count). The molecule has 1 aromatic carbocycles. The zero-order valence-corrected chi connectivity index (χ0v) is 15.6. The Morgan fingerprint density at radius 1 is 1.11 bits per heavy atom. The molecule has 2 aromatic heterocycles. The number of nitrogens with one attached hydrogen (secondary N) is 1. The summed E-state index contributed by atoms with van der Waals surface area (Å²) in [7, 11) is 0. The van der Waals surface area contributed by atoms with Crippen molar-refractivity contribution in [1.29, 1.82) is 0 Å². The Labute approximate surface area is 158 Å². The van der Waals surface area contributed by atoms with Crippen molar-refractivity contribution < 1.29 is 9.13 Å². The Hall–Kier alpha value is -3.02. The van der Waals surface area contributed by atoms with E-state index in [-0.39, 0.29) is 0 Å². The van der Waals surface area contributed by atoms with Crippen LogP contribution in [0.4, 0.5) is 10.2 Å². The van der Waals surface area contributed by atoms with Gasteiger partial charge in [-0.05, 0) is 31.0 Å². The van der Waals surface area contributed by atoms with E-state index in [2.05, 4.69) is 39.3 Å². The number of aromatic nitrogens is 3. The summed E-state index contributed by atoms with van der Waals surface area (Å²) < 4.78 is 19.3. The number of rotatable bonds is 8. The van der Waals surface area contributed by atoms with E-state index >= 15 is 0 Å². The van der Waals surface area contributed by atoms with E-state index < -0.39 is 5.82 Å². The highest BCUT2D eigenvalue weighted by Gasteiger charge is 2.10. The number of pyridine rings is 1. The summed E-state index contributed by atoms with van der Waals surface area (Å²) in [6.07, 6.45) is 6.39. The predicted octanol–water partition coefficient (Wildman–Crippen LogP) is 4.64. The topological polar surface area (TPSA) is 59.9 Å². The van der Waals surface area contributed by atoms with Gasteiger partial charge in [0.2, 0.25) is 0 Å². The Balaban J connectivity index is 1.79. The van der Waals surface area contributed by atoms with Crippen molar-refractivity contribution >= 4 is 5.82 Å². The Bertz CT molecular complexity index is 901. The van der Waals surface area contributed by atoms with Crippen LogP contribution in [0.2, 0.25) is 0 Å². The lowest BCUT2D eigenvalue weighted by molar-refractivity contribution is 0.333. The molecule has 27 heavy (non-hydrogen) atoms. The van der Waals surface area contributed by atoms with Crippen LogP contribution in [0.25, 0.3) is 11.4 Å². The van der Waals surface area contributed by atoms with Gasteiger partial charge in [0.15, 0.2) is 5.82 Å². The number of aryl methyl sites for hydroxylation is 1. The van der Waals surface area contributed by atoms with Crippen LogP contribution in [0.1, 0.15) is 31.4 Å². The fraction of sp³-hybridized carbons (Fsp3) is 0.286. The number of hydrogen-bond donors (Lipinski definition) is 1. The molecule has 140 valence electrons. The quantitative estimate of drug-likeness (QED) is 0.629. The van der Waals surface area contributed by atoms with E-state index in [1.807, 2.05) is 13.0 Å². The fourth-order valence-corrected chi connectivity index (χ4v) is 2.89. The molecule has 0 saturated carbocycles. The average molecular weight is 366 g/mol. The molecule has 0 unspecified atom stereocenters. The van der Waals surface area contributed by atoms with E-state index in [0.29, 0.717) is 30.4 Å². The zero-order chi connectivity index (χ0) is 19.1. The summed E-state index contributed by atoms with van der Waals surface area (Å²) in [5, 5.41) is 3.31. The highest BCUT2D eigenvalue weighted by atomic mass is 19.1. The van der Waals surface area contributed by atoms with Crippen LogP contribution >= 0.6 is 0 Å². The number of nitrogens with zero attached hydrogens (tertiary/aromatic N) is 3. The highest BCUT2D eigenvalue weighted by molar-refractivity contribution is 5.55. The number of ether oxygens (including phenoxy) is 1. The van der Waals surface area contributed by atoms with Gasteiger partial charge in [-0.15, -0.1) is 0 Å². The van der Waals surface area contributed by atoms with Crippen LogP contribution in [0, 0.1) is 5.82 Å². The largest absolute Gasteiger partial charge is 0.493 e. The minimum absolute atomic E-state index is 0.413.